The predicted molar refractivity (Wildman–Crippen MR) is 135 cm³/mol. The van der Waals surface area contributed by atoms with E-state index in [1.165, 1.54) is 36.9 Å². The Morgan fingerprint density at radius 3 is 2.84 bits per heavy atom. The Labute approximate surface area is 216 Å². The van der Waals surface area contributed by atoms with Gasteiger partial charge in [0.05, 0.1) is 18.8 Å². The number of hydrogen-bond donors (Lipinski definition) is 2. The number of alkyl halides is 2. The van der Waals surface area contributed by atoms with Crippen LogP contribution in [0.2, 0.25) is 0 Å². The molecular formula is C26H25F2N5O3S. The van der Waals surface area contributed by atoms with Crippen LogP contribution in [0.15, 0.2) is 35.9 Å². The van der Waals surface area contributed by atoms with E-state index < -0.39 is 18.4 Å². The zero-order valence-corrected chi connectivity index (χ0v) is 21.3. The van der Waals surface area contributed by atoms with Crippen LogP contribution >= 0.6 is 11.3 Å². The van der Waals surface area contributed by atoms with Gasteiger partial charge in [0.1, 0.15) is 23.3 Å². The Kier molecular flexibility index (Phi) is 6.93. The largest absolute Gasteiger partial charge is 0.495 e. The molecule has 192 valence electrons. The Bertz CT molecular complexity index is 1380. The first-order valence-electron chi connectivity index (χ1n) is 11.9. The van der Waals surface area contributed by atoms with Crippen LogP contribution in [0.5, 0.6) is 0 Å². The topological polar surface area (TPSA) is 98.3 Å². The number of rotatable bonds is 6. The lowest BCUT2D eigenvalue weighted by Gasteiger charge is -2.24. The number of ether oxygens (including phenoxy) is 2. The summed E-state index contributed by atoms with van der Waals surface area (Å²) in [5, 5.41) is 14.2. The molecule has 1 fully saturated rings. The number of nitrogens with one attached hydrogen (secondary N) is 2. The number of pyridine rings is 1. The second-order valence-corrected chi connectivity index (χ2v) is 10.1. The molecule has 2 N–H and O–H groups in total. The van der Waals surface area contributed by atoms with E-state index in [-0.39, 0.29) is 16.8 Å². The molecule has 0 saturated heterocycles. The maximum absolute atomic E-state index is 13.6. The van der Waals surface area contributed by atoms with Gasteiger partial charge in [0.25, 0.3) is 12.3 Å². The molecule has 2 aliphatic heterocycles. The van der Waals surface area contributed by atoms with Gasteiger partial charge in [0.15, 0.2) is 5.01 Å². The lowest BCUT2D eigenvalue weighted by atomic mass is 9.94. The molecule has 11 heteroatoms. The van der Waals surface area contributed by atoms with Crippen molar-refractivity contribution < 1.29 is 23.0 Å². The Hall–Kier alpha value is -3.78. The minimum atomic E-state index is -2.66. The Morgan fingerprint density at radius 1 is 1.35 bits per heavy atom. The summed E-state index contributed by atoms with van der Waals surface area (Å²) >= 11 is 1.17. The number of allylic oxidation sites excluding steroid dienone is 1. The van der Waals surface area contributed by atoms with Gasteiger partial charge in [-0.1, -0.05) is 17.3 Å². The zero-order valence-electron chi connectivity index (χ0n) is 20.5. The number of aromatic nitrogens is 3. The van der Waals surface area contributed by atoms with E-state index in [4.69, 9.17) is 9.47 Å². The van der Waals surface area contributed by atoms with Gasteiger partial charge in [0, 0.05) is 35.9 Å². The summed E-state index contributed by atoms with van der Waals surface area (Å²) < 4.78 is 38.6. The maximum Gasteiger partial charge on any atom is 0.261 e. The molecule has 37 heavy (non-hydrogen) atoms. The summed E-state index contributed by atoms with van der Waals surface area (Å²) in [7, 11) is 1.44. The Balaban J connectivity index is 1.52. The molecule has 1 amide bonds. The van der Waals surface area contributed by atoms with Crippen LogP contribution in [0.25, 0.3) is 11.3 Å². The molecule has 2 atom stereocenters. The van der Waals surface area contributed by atoms with Crippen LogP contribution in [0, 0.1) is 17.8 Å². The quantitative estimate of drug-likeness (QED) is 0.532. The van der Waals surface area contributed by atoms with Gasteiger partial charge in [-0.05, 0) is 50.3 Å². The first kappa shape index (κ1) is 24.9. The van der Waals surface area contributed by atoms with Gasteiger partial charge in [0.2, 0.25) is 5.13 Å². The normalized spacial score (nSPS) is 20.9. The molecule has 5 rings (SSSR count). The number of carbonyl (C=O) groups is 1. The van der Waals surface area contributed by atoms with Crippen molar-refractivity contribution in [1.82, 2.24) is 20.5 Å². The number of dihydropyridines is 1. The van der Waals surface area contributed by atoms with Crippen LogP contribution in [0.4, 0.5) is 13.9 Å². The van der Waals surface area contributed by atoms with E-state index in [0.717, 1.165) is 24.8 Å². The first-order valence-corrected chi connectivity index (χ1v) is 12.7. The molecule has 1 saturated carbocycles. The smallest absolute Gasteiger partial charge is 0.261 e. The third kappa shape index (κ3) is 5.49. The van der Waals surface area contributed by atoms with Crippen LogP contribution in [-0.2, 0) is 9.47 Å². The third-order valence-electron chi connectivity index (χ3n) is 6.09. The van der Waals surface area contributed by atoms with Crippen LogP contribution in [-0.4, -0.2) is 46.8 Å². The summed E-state index contributed by atoms with van der Waals surface area (Å²) in [6, 6.07) is 0.422. The molecule has 0 radical (unpaired) electrons. The first-order chi connectivity index (χ1) is 17.8. The molecule has 0 bridgehead atoms. The highest BCUT2D eigenvalue weighted by molar-refractivity contribution is 7.15. The van der Waals surface area contributed by atoms with Gasteiger partial charge in [-0.2, -0.15) is 0 Å². The van der Waals surface area contributed by atoms with E-state index in [2.05, 4.69) is 37.7 Å². The number of amides is 1. The number of carbonyl (C=O) groups excluding carboxylic acids is 1. The monoisotopic (exact) mass is 525 g/mol. The summed E-state index contributed by atoms with van der Waals surface area (Å²) in [6.45, 7) is 3.91. The summed E-state index contributed by atoms with van der Waals surface area (Å²) in [4.78, 5) is 17.9. The second kappa shape index (κ2) is 10.3. The van der Waals surface area contributed by atoms with E-state index >= 15 is 0 Å². The van der Waals surface area contributed by atoms with Gasteiger partial charge in [-0.3, -0.25) is 15.1 Å². The molecule has 2 aromatic heterocycles. The van der Waals surface area contributed by atoms with Crippen LogP contribution in [0.1, 0.15) is 59.7 Å². The van der Waals surface area contributed by atoms with E-state index in [9.17, 15) is 13.6 Å². The lowest BCUT2D eigenvalue weighted by molar-refractivity contribution is 0.102. The summed E-state index contributed by atoms with van der Waals surface area (Å²) in [5.41, 5.74) is 2.41. The third-order valence-corrected chi connectivity index (χ3v) is 6.84. The standard InChI is InChI=1S/C26H25F2N5O3S/c1-13-8-14(2)36-23(13)19-9-16(17-10-20(24(27)28)30-12-21(17)35-3)18(11-29-19)25(34)31-26-33-32-22(37-26)7-6-15-4-5-15/h9-12,14-15,20,24,30H,4-5,8H2,1-3H3,(H,31,33,34). The molecule has 4 heterocycles. The molecule has 3 aliphatic rings. The molecule has 0 spiro atoms. The molecule has 2 unspecified atom stereocenters. The number of nitrogens with zero attached hydrogens (tertiary/aromatic N) is 3. The van der Waals surface area contributed by atoms with Crippen molar-refractivity contribution in [3.05, 3.63) is 57.7 Å². The Morgan fingerprint density at radius 2 is 2.16 bits per heavy atom. The highest BCUT2D eigenvalue weighted by atomic mass is 32.1. The van der Waals surface area contributed by atoms with Gasteiger partial charge in [-0.15, -0.1) is 10.2 Å². The average Bonchev–Trinajstić information content (AvgIpc) is 3.51. The molecule has 1 aliphatic carbocycles. The van der Waals surface area contributed by atoms with Crippen molar-refractivity contribution in [2.24, 2.45) is 5.92 Å². The summed E-state index contributed by atoms with van der Waals surface area (Å²) in [6.07, 6.45) is 4.42. The van der Waals surface area contributed by atoms with E-state index in [1.807, 2.05) is 13.8 Å². The summed E-state index contributed by atoms with van der Waals surface area (Å²) in [5.74, 6) is 6.92. The van der Waals surface area contributed by atoms with Crippen molar-refractivity contribution in [3.63, 3.8) is 0 Å². The fourth-order valence-electron chi connectivity index (χ4n) is 4.11. The van der Waals surface area contributed by atoms with Crippen LogP contribution in [0.3, 0.4) is 0 Å². The van der Waals surface area contributed by atoms with Crippen molar-refractivity contribution >= 4 is 33.7 Å². The lowest BCUT2D eigenvalue weighted by Crippen LogP contribution is -2.33. The molecular weight excluding hydrogens is 500 g/mol. The number of halogens is 2. The van der Waals surface area contributed by atoms with E-state index in [0.29, 0.717) is 39.3 Å². The number of anilines is 1. The van der Waals surface area contributed by atoms with Crippen molar-refractivity contribution in [3.8, 4) is 11.8 Å². The highest BCUT2D eigenvalue weighted by Gasteiger charge is 2.29. The minimum absolute atomic E-state index is 0.00594. The second-order valence-electron chi connectivity index (χ2n) is 9.09. The van der Waals surface area contributed by atoms with Gasteiger partial charge in [-0.25, -0.2) is 8.78 Å². The molecule has 2 aromatic rings. The number of hydrogen-bond acceptors (Lipinski definition) is 8. The molecule has 8 nitrogen and oxygen atoms in total. The van der Waals surface area contributed by atoms with Crippen molar-refractivity contribution in [1.29, 1.82) is 0 Å². The fraction of sp³-hybridized carbons (Fsp3) is 0.385. The number of methoxy groups -OCH3 is 1. The van der Waals surface area contributed by atoms with Crippen molar-refractivity contribution in [2.45, 2.75) is 51.7 Å². The highest BCUT2D eigenvalue weighted by Crippen LogP contribution is 2.36. The maximum atomic E-state index is 13.6. The van der Waals surface area contributed by atoms with Gasteiger partial charge < -0.3 is 14.8 Å². The predicted octanol–water partition coefficient (Wildman–Crippen LogP) is 4.59. The van der Waals surface area contributed by atoms with Crippen molar-refractivity contribution in [2.75, 3.05) is 12.4 Å². The average molecular weight is 526 g/mol. The SMILES string of the molecule is COC1=CNC(C(F)F)C=C1c1cc(C2=C(C)CC(C)O2)ncc1C(=O)Nc1nnc(C#CC2CC2)s1. The minimum Gasteiger partial charge on any atom is -0.495 e. The van der Waals surface area contributed by atoms with Crippen LogP contribution < -0.4 is 10.6 Å². The zero-order chi connectivity index (χ0) is 26.1. The van der Waals surface area contributed by atoms with Gasteiger partial charge >= 0.3 is 0 Å². The van der Waals surface area contributed by atoms with E-state index in [1.54, 1.807) is 6.07 Å². The molecule has 0 aromatic carbocycles. The fourth-order valence-corrected chi connectivity index (χ4v) is 4.71.